The number of benzene rings is 2. The molecule has 170 valence electrons. The molecule has 2 N–H and O–H groups in total. The van der Waals surface area contributed by atoms with Gasteiger partial charge in [-0.1, -0.05) is 49.7 Å². The molecule has 2 aromatic carbocycles. The van der Waals surface area contributed by atoms with Crippen molar-refractivity contribution in [1.82, 2.24) is 34.7 Å². The van der Waals surface area contributed by atoms with Crippen LogP contribution in [0.25, 0.3) is 28.2 Å². The molecule has 0 aliphatic heterocycles. The Hall–Kier alpha value is -4.53. The molecular formula is C25H23N7O2. The van der Waals surface area contributed by atoms with E-state index in [9.17, 15) is 9.90 Å². The summed E-state index contributed by atoms with van der Waals surface area (Å²) >= 11 is 0. The van der Waals surface area contributed by atoms with Gasteiger partial charge in [-0.25, -0.2) is 4.79 Å². The Kier molecular flexibility index (Phi) is 5.73. The quantitative estimate of drug-likeness (QED) is 0.389. The Balaban J connectivity index is 1.48. The summed E-state index contributed by atoms with van der Waals surface area (Å²) < 4.78 is 3.28. The minimum Gasteiger partial charge on any atom is -0.506 e. The van der Waals surface area contributed by atoms with Crippen molar-refractivity contribution in [1.29, 1.82) is 0 Å². The molecule has 0 aliphatic carbocycles. The number of H-pyrrole nitrogens is 1. The van der Waals surface area contributed by atoms with Gasteiger partial charge in [0.25, 0.3) is 0 Å². The number of hydrogen-bond acceptors (Lipinski definition) is 6. The molecule has 0 atom stereocenters. The fourth-order valence-electron chi connectivity index (χ4n) is 4.06. The van der Waals surface area contributed by atoms with Crippen LogP contribution in [0, 0.1) is 0 Å². The van der Waals surface area contributed by atoms with E-state index in [1.807, 2.05) is 36.5 Å². The van der Waals surface area contributed by atoms with Gasteiger partial charge in [0.05, 0.1) is 12.2 Å². The van der Waals surface area contributed by atoms with E-state index in [4.69, 9.17) is 0 Å². The van der Waals surface area contributed by atoms with E-state index in [2.05, 4.69) is 32.5 Å². The lowest BCUT2D eigenvalue weighted by molar-refractivity contribution is 0.471. The number of aryl methyl sites for hydroxylation is 1. The van der Waals surface area contributed by atoms with Gasteiger partial charge in [-0.3, -0.25) is 14.1 Å². The third-order valence-electron chi connectivity index (χ3n) is 5.72. The van der Waals surface area contributed by atoms with Crippen LogP contribution in [0.4, 0.5) is 0 Å². The Morgan fingerprint density at radius 1 is 1.03 bits per heavy atom. The summed E-state index contributed by atoms with van der Waals surface area (Å²) in [5.74, 6) is 0.553. The van der Waals surface area contributed by atoms with Crippen LogP contribution in [0.2, 0.25) is 0 Å². The lowest BCUT2D eigenvalue weighted by Crippen LogP contribution is -2.24. The van der Waals surface area contributed by atoms with Crippen molar-refractivity contribution in [3.63, 3.8) is 0 Å². The molecule has 0 aliphatic rings. The highest BCUT2D eigenvalue weighted by atomic mass is 16.3. The molecule has 9 heteroatoms. The first-order chi connectivity index (χ1) is 16.7. The lowest BCUT2D eigenvalue weighted by atomic mass is 10.00. The van der Waals surface area contributed by atoms with Crippen molar-refractivity contribution in [3.05, 3.63) is 94.9 Å². The van der Waals surface area contributed by atoms with Crippen LogP contribution in [-0.2, 0) is 13.0 Å². The van der Waals surface area contributed by atoms with Crippen LogP contribution in [0.1, 0.15) is 24.6 Å². The normalized spacial score (nSPS) is 11.1. The van der Waals surface area contributed by atoms with E-state index < -0.39 is 0 Å². The number of tetrazole rings is 1. The largest absolute Gasteiger partial charge is 0.506 e. The molecule has 0 unspecified atom stereocenters. The predicted octanol–water partition coefficient (Wildman–Crippen LogP) is 3.59. The topological polar surface area (TPSA) is 115 Å². The molecule has 0 bridgehead atoms. The van der Waals surface area contributed by atoms with E-state index in [-0.39, 0.29) is 11.4 Å². The van der Waals surface area contributed by atoms with E-state index in [1.165, 1.54) is 4.57 Å². The molecule has 0 amide bonds. The maximum atomic E-state index is 13.3. The van der Waals surface area contributed by atoms with Crippen molar-refractivity contribution >= 4 is 0 Å². The molecule has 0 saturated heterocycles. The fourth-order valence-corrected chi connectivity index (χ4v) is 4.06. The minimum absolute atomic E-state index is 0.0731. The van der Waals surface area contributed by atoms with Crippen molar-refractivity contribution in [3.8, 4) is 34.0 Å². The second-order valence-electron chi connectivity index (χ2n) is 7.95. The second kappa shape index (κ2) is 9.14. The Morgan fingerprint density at radius 3 is 2.59 bits per heavy atom. The van der Waals surface area contributed by atoms with E-state index in [0.717, 1.165) is 40.8 Å². The third kappa shape index (κ3) is 3.99. The maximum Gasteiger partial charge on any atom is 0.333 e. The number of nitrogens with one attached hydrogen (secondary N) is 1. The summed E-state index contributed by atoms with van der Waals surface area (Å²) in [5, 5.41) is 24.5. The van der Waals surface area contributed by atoms with E-state index in [0.29, 0.717) is 18.1 Å². The summed E-state index contributed by atoms with van der Waals surface area (Å²) in [6.07, 6.45) is 6.93. The van der Waals surface area contributed by atoms with Gasteiger partial charge in [-0.05, 0) is 46.5 Å². The minimum atomic E-state index is -0.178. The third-order valence-corrected chi connectivity index (χ3v) is 5.72. The molecule has 5 rings (SSSR count). The first-order valence-corrected chi connectivity index (χ1v) is 11.0. The molecule has 9 nitrogen and oxygen atoms in total. The summed E-state index contributed by atoms with van der Waals surface area (Å²) in [4.78, 5) is 17.5. The van der Waals surface area contributed by atoms with Gasteiger partial charge < -0.3 is 5.11 Å². The summed E-state index contributed by atoms with van der Waals surface area (Å²) in [6.45, 7) is 2.51. The van der Waals surface area contributed by atoms with Crippen LogP contribution < -0.4 is 5.69 Å². The van der Waals surface area contributed by atoms with Gasteiger partial charge in [0.2, 0.25) is 5.82 Å². The number of nitrogens with zero attached hydrogens (tertiary/aromatic N) is 6. The molecule has 0 fully saturated rings. The van der Waals surface area contributed by atoms with Crippen LogP contribution in [0.3, 0.4) is 0 Å². The van der Waals surface area contributed by atoms with Crippen molar-refractivity contribution in [2.24, 2.45) is 0 Å². The standard InChI is InChI=1S/C25H23N7O2/c1-2-5-19-16-32(22-6-3-4-7-23(22)33)25(34)31(19)15-17-8-10-18(11-9-17)20-12-13-26-14-21(20)24-27-29-30-28-24/h3-4,6-14,16,33H,2,5,15H2,1H3,(H,27,28,29,30). The highest BCUT2D eigenvalue weighted by Crippen LogP contribution is 2.29. The summed E-state index contributed by atoms with van der Waals surface area (Å²) in [6, 6.07) is 16.8. The maximum absolute atomic E-state index is 13.3. The second-order valence-corrected chi connectivity index (χ2v) is 7.95. The molecule has 0 radical (unpaired) electrons. The van der Waals surface area contributed by atoms with Crippen molar-refractivity contribution in [2.75, 3.05) is 0 Å². The average Bonchev–Trinajstić information content (AvgIpc) is 3.50. The molecule has 0 spiro atoms. The number of rotatable bonds is 7. The first-order valence-electron chi connectivity index (χ1n) is 11.0. The predicted molar refractivity (Wildman–Crippen MR) is 128 cm³/mol. The fraction of sp³-hybridized carbons (Fsp3) is 0.160. The zero-order valence-electron chi connectivity index (χ0n) is 18.6. The van der Waals surface area contributed by atoms with Crippen LogP contribution in [-0.4, -0.2) is 39.8 Å². The summed E-state index contributed by atoms with van der Waals surface area (Å²) in [5.41, 5.74) is 4.93. The number of phenols is 1. The number of imidazole rings is 1. The van der Waals surface area contributed by atoms with Crippen LogP contribution in [0.5, 0.6) is 5.75 Å². The number of hydrogen-bond donors (Lipinski definition) is 2. The molecule has 34 heavy (non-hydrogen) atoms. The molecule has 0 saturated carbocycles. The van der Waals surface area contributed by atoms with Crippen molar-refractivity contribution < 1.29 is 5.11 Å². The number of phenolic OH excluding ortho intramolecular Hbond substituents is 1. The highest BCUT2D eigenvalue weighted by Gasteiger charge is 2.15. The van der Waals surface area contributed by atoms with Gasteiger partial charge in [0, 0.05) is 29.8 Å². The number of aromatic amines is 1. The van der Waals surface area contributed by atoms with Gasteiger partial charge in [-0.15, -0.1) is 10.2 Å². The molecule has 5 aromatic rings. The number of pyridine rings is 1. The van der Waals surface area contributed by atoms with E-state index in [1.54, 1.807) is 41.2 Å². The average molecular weight is 454 g/mol. The Bertz CT molecular complexity index is 1470. The van der Waals surface area contributed by atoms with E-state index >= 15 is 0 Å². The zero-order chi connectivity index (χ0) is 23.5. The monoisotopic (exact) mass is 453 g/mol. The SMILES string of the molecule is CCCc1cn(-c2ccccc2O)c(=O)n1Cc1ccc(-c2ccncc2-c2nn[nH]n2)cc1. The van der Waals surface area contributed by atoms with Gasteiger partial charge in [-0.2, -0.15) is 5.21 Å². The zero-order valence-corrected chi connectivity index (χ0v) is 18.6. The Morgan fingerprint density at radius 2 is 1.85 bits per heavy atom. The number of aromatic hydroxyl groups is 1. The number of aromatic nitrogens is 7. The molecule has 3 heterocycles. The highest BCUT2D eigenvalue weighted by molar-refractivity contribution is 5.79. The summed E-state index contributed by atoms with van der Waals surface area (Å²) in [7, 11) is 0. The Labute approximate surface area is 195 Å². The lowest BCUT2D eigenvalue weighted by Gasteiger charge is -2.09. The molecular weight excluding hydrogens is 430 g/mol. The van der Waals surface area contributed by atoms with Gasteiger partial charge in [0.15, 0.2) is 0 Å². The van der Waals surface area contributed by atoms with Crippen molar-refractivity contribution in [2.45, 2.75) is 26.3 Å². The number of para-hydroxylation sites is 2. The first kappa shape index (κ1) is 21.3. The smallest absolute Gasteiger partial charge is 0.333 e. The van der Waals surface area contributed by atoms with Crippen LogP contribution in [0.15, 0.2) is 78.0 Å². The van der Waals surface area contributed by atoms with Crippen LogP contribution >= 0.6 is 0 Å². The van der Waals surface area contributed by atoms with Gasteiger partial charge in [0.1, 0.15) is 5.75 Å². The van der Waals surface area contributed by atoms with Gasteiger partial charge >= 0.3 is 5.69 Å². The molecule has 3 aromatic heterocycles.